The molecule has 0 fully saturated rings. The number of pyridine rings is 1. The zero-order valence-electron chi connectivity index (χ0n) is 10.3. The molecule has 0 saturated carbocycles. The lowest BCUT2D eigenvalue weighted by molar-refractivity contribution is 0.253. The minimum absolute atomic E-state index is 0.294. The predicted molar refractivity (Wildman–Crippen MR) is 73.9 cm³/mol. The van der Waals surface area contributed by atoms with Gasteiger partial charge in [0.05, 0.1) is 0 Å². The van der Waals surface area contributed by atoms with Gasteiger partial charge in [-0.3, -0.25) is 0 Å². The molecule has 0 aliphatic rings. The first kappa shape index (κ1) is 13.8. The summed E-state index contributed by atoms with van der Waals surface area (Å²) in [5.74, 6) is 0. The minimum Gasteiger partial charge on any atom is -0.355 e. The summed E-state index contributed by atoms with van der Waals surface area (Å²) in [7, 11) is -4.05. The Labute approximate surface area is 115 Å². The average molecular weight is 292 g/mol. The summed E-state index contributed by atoms with van der Waals surface area (Å²) in [6.45, 7) is 0. The fourth-order valence-corrected chi connectivity index (χ4v) is 2.36. The number of hydrogen-bond acceptors (Lipinski definition) is 5. The highest BCUT2D eigenvalue weighted by Gasteiger charge is 2.17. The van der Waals surface area contributed by atoms with Crippen molar-refractivity contribution in [3.05, 3.63) is 48.7 Å². The summed E-state index contributed by atoms with van der Waals surface area (Å²) in [5, 5.41) is 2.73. The van der Waals surface area contributed by atoms with Crippen LogP contribution in [0.4, 0.5) is 16.2 Å². The van der Waals surface area contributed by atoms with Crippen LogP contribution in [0.3, 0.4) is 0 Å². The molecule has 1 aromatic carbocycles. The number of urea groups is 1. The molecule has 0 unspecified atom stereocenters. The molecule has 7 nitrogen and oxygen atoms in total. The lowest BCUT2D eigenvalue weighted by atomic mass is 10.3. The van der Waals surface area contributed by atoms with Crippen LogP contribution in [0.25, 0.3) is 0 Å². The van der Waals surface area contributed by atoms with Crippen LogP contribution in [0.5, 0.6) is 0 Å². The van der Waals surface area contributed by atoms with E-state index < -0.39 is 16.1 Å². The number of primary amides is 1. The number of carbonyl (C=O) groups is 1. The van der Waals surface area contributed by atoms with Crippen LogP contribution in [0.2, 0.25) is 0 Å². The molecule has 0 spiro atoms. The Bertz CT molecular complexity index is 716. The number of benzene rings is 1. The summed E-state index contributed by atoms with van der Waals surface area (Å²) in [4.78, 5) is 14.4. The first-order chi connectivity index (χ1) is 9.47. The Kier molecular flexibility index (Phi) is 3.85. The van der Waals surface area contributed by atoms with E-state index in [1.165, 1.54) is 12.3 Å². The van der Waals surface area contributed by atoms with Crippen molar-refractivity contribution in [2.45, 2.75) is 5.03 Å². The van der Waals surface area contributed by atoms with Crippen LogP contribution < -0.4 is 15.8 Å². The second-order valence-corrected chi connectivity index (χ2v) is 5.47. The second-order valence-electron chi connectivity index (χ2n) is 3.84. The van der Waals surface area contributed by atoms with E-state index >= 15 is 0 Å². The third-order valence-electron chi connectivity index (χ3n) is 2.31. The smallest absolute Gasteiger partial charge is 0.326 e. The highest BCUT2D eigenvalue weighted by atomic mass is 32.2. The first-order valence-electron chi connectivity index (χ1n) is 5.58. The minimum atomic E-state index is -4.05. The second kappa shape index (κ2) is 5.57. The van der Waals surface area contributed by atoms with Gasteiger partial charge in [-0.05, 0) is 18.2 Å². The van der Waals surface area contributed by atoms with Crippen molar-refractivity contribution in [2.75, 3.05) is 5.32 Å². The zero-order valence-corrected chi connectivity index (χ0v) is 11.1. The maximum atomic E-state index is 11.7. The number of carbonyl (C=O) groups excluding carboxylic acids is 1. The molecule has 2 aromatic rings. The highest BCUT2D eigenvalue weighted by molar-refractivity contribution is 7.90. The van der Waals surface area contributed by atoms with E-state index in [9.17, 15) is 13.2 Å². The monoisotopic (exact) mass is 292 g/mol. The van der Waals surface area contributed by atoms with Gasteiger partial charge in [-0.2, -0.15) is 8.42 Å². The van der Waals surface area contributed by atoms with Crippen molar-refractivity contribution in [1.29, 1.82) is 0 Å². The maximum absolute atomic E-state index is 11.7. The summed E-state index contributed by atoms with van der Waals surface area (Å²) in [6, 6.07) is 11.0. The molecule has 0 radical (unpaired) electrons. The predicted octanol–water partition coefficient (Wildman–Crippen LogP) is 1.18. The molecule has 0 saturated heterocycles. The normalized spacial score (nSPS) is 10.8. The molecule has 20 heavy (non-hydrogen) atoms. The molecular weight excluding hydrogens is 280 g/mol. The van der Waals surface area contributed by atoms with Crippen molar-refractivity contribution in [3.8, 4) is 0 Å². The SMILES string of the molecule is NC(=O)NS(=O)(=O)c1cc(Nc2ccccc2)ccn1. The topological polar surface area (TPSA) is 114 Å². The molecule has 0 bridgehead atoms. The Morgan fingerprint density at radius 1 is 1.10 bits per heavy atom. The molecule has 0 aliphatic heterocycles. The Hall–Kier alpha value is -2.61. The van der Waals surface area contributed by atoms with Gasteiger partial charge in [-0.25, -0.2) is 14.5 Å². The van der Waals surface area contributed by atoms with Crippen LogP contribution in [0.15, 0.2) is 53.7 Å². The lowest BCUT2D eigenvalue weighted by Crippen LogP contribution is -2.35. The summed E-state index contributed by atoms with van der Waals surface area (Å²) in [5.41, 5.74) is 6.13. The number of nitrogens with zero attached hydrogens (tertiary/aromatic N) is 1. The van der Waals surface area contributed by atoms with Gasteiger partial charge < -0.3 is 11.1 Å². The number of aromatic nitrogens is 1. The van der Waals surface area contributed by atoms with Crippen molar-refractivity contribution < 1.29 is 13.2 Å². The molecule has 1 heterocycles. The molecule has 2 amide bonds. The quantitative estimate of drug-likeness (QED) is 0.783. The number of amides is 2. The van der Waals surface area contributed by atoms with E-state index in [2.05, 4.69) is 10.3 Å². The number of rotatable bonds is 4. The summed E-state index contributed by atoms with van der Waals surface area (Å²) < 4.78 is 25.1. The van der Waals surface area contributed by atoms with Crippen molar-refractivity contribution in [1.82, 2.24) is 9.71 Å². The molecule has 4 N–H and O–H groups in total. The van der Waals surface area contributed by atoms with Gasteiger partial charge in [-0.15, -0.1) is 0 Å². The van der Waals surface area contributed by atoms with E-state index in [1.54, 1.807) is 10.8 Å². The van der Waals surface area contributed by atoms with E-state index in [4.69, 9.17) is 5.73 Å². The van der Waals surface area contributed by atoms with Crippen LogP contribution in [0.1, 0.15) is 0 Å². The number of sulfonamides is 1. The lowest BCUT2D eigenvalue weighted by Gasteiger charge is -2.08. The Morgan fingerprint density at radius 3 is 2.45 bits per heavy atom. The number of nitrogens with two attached hydrogens (primary N) is 1. The first-order valence-corrected chi connectivity index (χ1v) is 7.06. The average Bonchev–Trinajstić information content (AvgIpc) is 2.39. The number of anilines is 2. The van der Waals surface area contributed by atoms with Gasteiger partial charge in [0.15, 0.2) is 5.03 Å². The zero-order chi connectivity index (χ0) is 14.6. The van der Waals surface area contributed by atoms with Crippen LogP contribution in [-0.2, 0) is 10.0 Å². The van der Waals surface area contributed by atoms with Crippen molar-refractivity contribution in [3.63, 3.8) is 0 Å². The molecular formula is C12H12N4O3S. The highest BCUT2D eigenvalue weighted by Crippen LogP contribution is 2.17. The van der Waals surface area contributed by atoms with E-state index in [0.29, 0.717) is 5.69 Å². The van der Waals surface area contributed by atoms with E-state index in [1.807, 2.05) is 30.3 Å². The van der Waals surface area contributed by atoms with Gasteiger partial charge in [0.25, 0.3) is 10.0 Å². The standard InChI is InChI=1S/C12H12N4O3S/c13-12(17)16-20(18,19)11-8-10(6-7-14-11)15-9-4-2-1-3-5-9/h1-8H,(H,14,15)(H3,13,16,17). The van der Waals surface area contributed by atoms with Gasteiger partial charge >= 0.3 is 6.03 Å². The molecule has 0 aliphatic carbocycles. The summed E-state index contributed by atoms with van der Waals surface area (Å²) in [6.07, 6.45) is 1.32. The summed E-state index contributed by atoms with van der Waals surface area (Å²) >= 11 is 0. The van der Waals surface area contributed by atoms with Crippen LogP contribution in [0, 0.1) is 0 Å². The van der Waals surface area contributed by atoms with E-state index in [0.717, 1.165) is 5.69 Å². The Morgan fingerprint density at radius 2 is 1.80 bits per heavy atom. The van der Waals surface area contributed by atoms with Crippen LogP contribution in [-0.4, -0.2) is 19.4 Å². The Balaban J connectivity index is 2.27. The molecule has 1 aromatic heterocycles. The van der Waals surface area contributed by atoms with Crippen molar-refractivity contribution >= 4 is 27.4 Å². The van der Waals surface area contributed by atoms with Crippen molar-refractivity contribution in [2.24, 2.45) is 5.73 Å². The third kappa shape index (κ3) is 3.45. The third-order valence-corrected chi connectivity index (χ3v) is 3.55. The van der Waals surface area contributed by atoms with Gasteiger partial charge in [0.1, 0.15) is 0 Å². The number of hydrogen-bond donors (Lipinski definition) is 3. The van der Waals surface area contributed by atoms with Gasteiger partial charge in [0, 0.05) is 23.6 Å². The molecule has 104 valence electrons. The molecule has 0 atom stereocenters. The van der Waals surface area contributed by atoms with Gasteiger partial charge in [-0.1, -0.05) is 18.2 Å². The van der Waals surface area contributed by atoms with Gasteiger partial charge in [0.2, 0.25) is 0 Å². The largest absolute Gasteiger partial charge is 0.355 e. The number of nitrogens with one attached hydrogen (secondary N) is 2. The fourth-order valence-electron chi connectivity index (χ4n) is 1.51. The number of para-hydroxylation sites is 1. The van der Waals surface area contributed by atoms with Crippen LogP contribution >= 0.6 is 0 Å². The molecule has 8 heteroatoms. The fraction of sp³-hybridized carbons (Fsp3) is 0. The van der Waals surface area contributed by atoms with E-state index in [-0.39, 0.29) is 5.03 Å². The molecule has 2 rings (SSSR count). The maximum Gasteiger partial charge on any atom is 0.326 e.